The molecule has 146 valence electrons. The van der Waals surface area contributed by atoms with Crippen molar-refractivity contribution >= 4 is 27.5 Å². The molecule has 1 atom stereocenters. The number of amides is 1. The summed E-state index contributed by atoms with van der Waals surface area (Å²) in [5.74, 6) is 0.662. The van der Waals surface area contributed by atoms with E-state index < -0.39 is 16.1 Å². The zero-order chi connectivity index (χ0) is 19.2. The molecule has 1 amide bonds. The summed E-state index contributed by atoms with van der Waals surface area (Å²) in [6, 6.07) is 6.77. The molecule has 1 unspecified atom stereocenters. The van der Waals surface area contributed by atoms with E-state index in [1.165, 1.54) is 0 Å². The summed E-state index contributed by atoms with van der Waals surface area (Å²) in [4.78, 5) is 14.3. The molecule has 0 spiro atoms. The molecule has 1 saturated heterocycles. The van der Waals surface area contributed by atoms with Crippen molar-refractivity contribution in [2.24, 2.45) is 0 Å². The Labute approximate surface area is 160 Å². The molecule has 1 aromatic carbocycles. The summed E-state index contributed by atoms with van der Waals surface area (Å²) in [5.41, 5.74) is 0. The molecule has 6 nitrogen and oxygen atoms in total. The van der Waals surface area contributed by atoms with Crippen LogP contribution in [-0.2, 0) is 14.8 Å². The summed E-state index contributed by atoms with van der Waals surface area (Å²) in [7, 11) is -3.23. The van der Waals surface area contributed by atoms with Crippen LogP contribution in [0.5, 0.6) is 5.75 Å². The number of likely N-dealkylation sites (tertiary alicyclic amines) is 1. The zero-order valence-electron chi connectivity index (χ0n) is 15.3. The second-order valence-corrected chi connectivity index (χ2v) is 8.91. The van der Waals surface area contributed by atoms with Gasteiger partial charge in [-0.15, -0.1) is 0 Å². The lowest BCUT2D eigenvalue weighted by molar-refractivity contribution is -0.139. The minimum absolute atomic E-state index is 0.0905. The Hall–Kier alpha value is -1.31. The highest BCUT2D eigenvalue weighted by Crippen LogP contribution is 2.19. The molecule has 1 N–H and O–H groups in total. The van der Waals surface area contributed by atoms with Gasteiger partial charge in [0.05, 0.1) is 5.75 Å². The third kappa shape index (κ3) is 6.45. The average molecular weight is 403 g/mol. The molecule has 1 heterocycles. The third-order valence-electron chi connectivity index (χ3n) is 4.39. The van der Waals surface area contributed by atoms with Crippen molar-refractivity contribution in [1.82, 2.24) is 9.62 Å². The van der Waals surface area contributed by atoms with Crippen LogP contribution in [0.15, 0.2) is 24.3 Å². The van der Waals surface area contributed by atoms with Crippen LogP contribution in [0.2, 0.25) is 5.02 Å². The van der Waals surface area contributed by atoms with Crippen LogP contribution in [0.25, 0.3) is 0 Å². The topological polar surface area (TPSA) is 75.7 Å². The molecular formula is C18H27ClN2O4S. The van der Waals surface area contributed by atoms with Crippen molar-refractivity contribution < 1.29 is 17.9 Å². The number of benzene rings is 1. The van der Waals surface area contributed by atoms with Crippen molar-refractivity contribution in [3.8, 4) is 5.75 Å². The number of halogens is 1. The maximum Gasteiger partial charge on any atom is 0.263 e. The minimum atomic E-state index is -3.23. The number of hydrogen-bond acceptors (Lipinski definition) is 4. The zero-order valence-corrected chi connectivity index (χ0v) is 16.9. The van der Waals surface area contributed by atoms with Gasteiger partial charge in [0, 0.05) is 24.2 Å². The van der Waals surface area contributed by atoms with E-state index in [2.05, 4.69) is 4.72 Å². The van der Waals surface area contributed by atoms with Gasteiger partial charge in [-0.2, -0.15) is 0 Å². The number of hydrogen-bond donors (Lipinski definition) is 1. The highest BCUT2D eigenvalue weighted by molar-refractivity contribution is 7.89. The third-order valence-corrected chi connectivity index (χ3v) is 6.16. The molecule has 0 aromatic heterocycles. The fourth-order valence-corrected chi connectivity index (χ4v) is 4.55. The first-order valence-electron chi connectivity index (χ1n) is 9.01. The van der Waals surface area contributed by atoms with E-state index in [-0.39, 0.29) is 17.7 Å². The Balaban J connectivity index is 1.81. The van der Waals surface area contributed by atoms with Crippen LogP contribution in [0.1, 0.15) is 39.5 Å². The lowest BCUT2D eigenvalue weighted by atomic mass is 10.1. The smallest absolute Gasteiger partial charge is 0.263 e. The number of ether oxygens (including phenoxy) is 1. The highest BCUT2D eigenvalue weighted by atomic mass is 35.5. The molecule has 26 heavy (non-hydrogen) atoms. The van der Waals surface area contributed by atoms with Gasteiger partial charge in [0.2, 0.25) is 10.0 Å². The second kappa shape index (κ2) is 9.58. The predicted octanol–water partition coefficient (Wildman–Crippen LogP) is 2.82. The summed E-state index contributed by atoms with van der Waals surface area (Å²) < 4.78 is 32.4. The fourth-order valence-electron chi connectivity index (χ4n) is 2.89. The molecule has 8 heteroatoms. The number of piperidine rings is 1. The number of nitrogens with one attached hydrogen (secondary N) is 1. The summed E-state index contributed by atoms with van der Waals surface area (Å²) >= 11 is 5.84. The van der Waals surface area contributed by atoms with Crippen LogP contribution >= 0.6 is 11.6 Å². The first-order chi connectivity index (χ1) is 12.3. The van der Waals surface area contributed by atoms with E-state index in [4.69, 9.17) is 16.3 Å². The van der Waals surface area contributed by atoms with Crippen LogP contribution in [-0.4, -0.2) is 50.2 Å². The van der Waals surface area contributed by atoms with Gasteiger partial charge in [0.15, 0.2) is 6.10 Å². The van der Waals surface area contributed by atoms with Gasteiger partial charge in [-0.05, 0) is 50.5 Å². The molecular weight excluding hydrogens is 376 g/mol. The maximum absolute atomic E-state index is 12.5. The fraction of sp³-hybridized carbons (Fsp3) is 0.611. The lowest BCUT2D eigenvalue weighted by Crippen LogP contribution is -2.49. The van der Waals surface area contributed by atoms with E-state index in [0.29, 0.717) is 43.1 Å². The Kier molecular flexibility index (Phi) is 7.73. The largest absolute Gasteiger partial charge is 0.481 e. The number of sulfonamides is 1. The Morgan fingerprint density at radius 3 is 2.50 bits per heavy atom. The van der Waals surface area contributed by atoms with Gasteiger partial charge in [-0.25, -0.2) is 13.1 Å². The molecule has 0 aliphatic carbocycles. The Morgan fingerprint density at radius 2 is 1.92 bits per heavy atom. The normalized spacial score (nSPS) is 17.1. The molecule has 1 fully saturated rings. The predicted molar refractivity (Wildman–Crippen MR) is 103 cm³/mol. The van der Waals surface area contributed by atoms with Crippen molar-refractivity contribution in [1.29, 1.82) is 0 Å². The second-order valence-electron chi connectivity index (χ2n) is 6.60. The van der Waals surface area contributed by atoms with E-state index in [1.807, 2.05) is 6.92 Å². The molecule has 0 bridgehead atoms. The van der Waals surface area contributed by atoms with E-state index >= 15 is 0 Å². The van der Waals surface area contributed by atoms with Gasteiger partial charge in [0.1, 0.15) is 5.75 Å². The molecule has 1 aromatic rings. The summed E-state index contributed by atoms with van der Waals surface area (Å²) in [6.45, 7) is 4.73. The van der Waals surface area contributed by atoms with Crippen molar-refractivity contribution in [3.63, 3.8) is 0 Å². The van der Waals surface area contributed by atoms with Gasteiger partial charge in [0.25, 0.3) is 5.91 Å². The van der Waals surface area contributed by atoms with Crippen LogP contribution < -0.4 is 9.46 Å². The van der Waals surface area contributed by atoms with E-state index in [9.17, 15) is 13.2 Å². The Bertz CT molecular complexity index is 686. The molecule has 2 rings (SSSR count). The molecule has 0 saturated carbocycles. The number of carbonyl (C=O) groups is 1. The van der Waals surface area contributed by atoms with Crippen molar-refractivity contribution in [2.75, 3.05) is 18.8 Å². The minimum Gasteiger partial charge on any atom is -0.481 e. The maximum atomic E-state index is 12.5. The van der Waals surface area contributed by atoms with Gasteiger partial charge in [-0.3, -0.25) is 4.79 Å². The van der Waals surface area contributed by atoms with Gasteiger partial charge < -0.3 is 9.64 Å². The first kappa shape index (κ1) is 21.0. The quantitative estimate of drug-likeness (QED) is 0.725. The summed E-state index contributed by atoms with van der Waals surface area (Å²) in [5, 5.41) is 0.611. The molecule has 1 aliphatic heterocycles. The lowest BCUT2D eigenvalue weighted by Gasteiger charge is -2.33. The van der Waals surface area contributed by atoms with Gasteiger partial charge >= 0.3 is 0 Å². The average Bonchev–Trinajstić information content (AvgIpc) is 2.61. The number of rotatable bonds is 8. The number of nitrogens with zero attached hydrogens (tertiary/aromatic N) is 1. The monoisotopic (exact) mass is 402 g/mol. The SMILES string of the molecule is CCCCS(=O)(=O)NC1CCN(C(=O)C(C)Oc2ccc(Cl)cc2)CC1. The van der Waals surface area contributed by atoms with Crippen molar-refractivity contribution in [3.05, 3.63) is 29.3 Å². The van der Waals surface area contributed by atoms with Crippen molar-refractivity contribution in [2.45, 2.75) is 51.7 Å². The van der Waals surface area contributed by atoms with Crippen LogP contribution in [0.3, 0.4) is 0 Å². The summed E-state index contributed by atoms with van der Waals surface area (Å²) in [6.07, 6.45) is 2.13. The van der Waals surface area contributed by atoms with Crippen LogP contribution in [0.4, 0.5) is 0 Å². The first-order valence-corrected chi connectivity index (χ1v) is 11.0. The standard InChI is InChI=1S/C18H27ClN2O4S/c1-3-4-13-26(23,24)20-16-9-11-21(12-10-16)18(22)14(2)25-17-7-5-15(19)6-8-17/h5-8,14,16,20H,3-4,9-13H2,1-2H3. The van der Waals surface area contributed by atoms with Gasteiger partial charge in [-0.1, -0.05) is 24.9 Å². The van der Waals surface area contributed by atoms with Crippen LogP contribution in [0, 0.1) is 0 Å². The molecule has 1 aliphatic rings. The number of unbranched alkanes of at least 4 members (excludes halogenated alkanes) is 1. The number of carbonyl (C=O) groups excluding carboxylic acids is 1. The molecule has 0 radical (unpaired) electrons. The van der Waals surface area contributed by atoms with E-state index in [0.717, 1.165) is 6.42 Å². The Morgan fingerprint density at radius 1 is 1.31 bits per heavy atom. The van der Waals surface area contributed by atoms with E-state index in [1.54, 1.807) is 36.1 Å². The highest BCUT2D eigenvalue weighted by Gasteiger charge is 2.28.